The molecule has 2 aromatic heterocycles. The lowest BCUT2D eigenvalue weighted by Gasteiger charge is -2.24. The molecule has 6 N–H and O–H groups in total. The Morgan fingerprint density at radius 3 is 2.59 bits per heavy atom. The number of phosphoric acid groups is 1. The summed E-state index contributed by atoms with van der Waals surface area (Å²) in [5, 5.41) is 17.2. The number of aliphatic hydroxyl groups excluding tert-OH is 1. The summed E-state index contributed by atoms with van der Waals surface area (Å²) < 4.78 is 17.1. The molecule has 0 aliphatic rings. The molecule has 3 rings (SSSR count). The smallest absolute Gasteiger partial charge is 0.391 e. The number of nitrogens with one attached hydrogen (secondary N) is 1. The molecule has 2 unspecified atom stereocenters. The predicted octanol–water partition coefficient (Wildman–Crippen LogP) is 1.37. The minimum atomic E-state index is -4.74. The summed E-state index contributed by atoms with van der Waals surface area (Å²) in [6.45, 7) is 0.928. The Balaban J connectivity index is 2.05. The van der Waals surface area contributed by atoms with Gasteiger partial charge in [0.2, 0.25) is 0 Å². The highest BCUT2D eigenvalue weighted by atomic mass is 31.2. The zero-order valence-electron chi connectivity index (χ0n) is 15.5. The summed E-state index contributed by atoms with van der Waals surface area (Å²) in [7, 11) is -4.74. The van der Waals surface area contributed by atoms with Crippen LogP contribution in [-0.4, -0.2) is 49.2 Å². The zero-order chi connectivity index (χ0) is 21.2. The van der Waals surface area contributed by atoms with Gasteiger partial charge in [0, 0.05) is 11.8 Å². The standard InChI is InChI=1S/C18H21N4O6P/c1-11(23)15(10-28-29(25,26)27)21-17-14(18(19)24)8-20-22-9-13(7-16(17)22)12-5-3-2-4-6-12/h2-9,11,15,21,23H,10H2,1H3,(H2,19,24)(H2,25,26,27). The van der Waals surface area contributed by atoms with Gasteiger partial charge in [-0.1, -0.05) is 30.3 Å². The topological polar surface area (TPSA) is 159 Å². The van der Waals surface area contributed by atoms with Crippen molar-refractivity contribution in [2.24, 2.45) is 5.73 Å². The van der Waals surface area contributed by atoms with Gasteiger partial charge in [-0.2, -0.15) is 5.10 Å². The van der Waals surface area contributed by atoms with Gasteiger partial charge in [-0.3, -0.25) is 9.32 Å². The third-order valence-electron chi connectivity index (χ3n) is 4.34. The fourth-order valence-electron chi connectivity index (χ4n) is 2.85. The van der Waals surface area contributed by atoms with Crippen molar-refractivity contribution in [1.29, 1.82) is 0 Å². The number of benzene rings is 1. The Bertz CT molecular complexity index is 1060. The van der Waals surface area contributed by atoms with Crippen molar-refractivity contribution in [3.63, 3.8) is 0 Å². The molecule has 0 aliphatic carbocycles. The van der Waals surface area contributed by atoms with E-state index in [1.807, 2.05) is 30.3 Å². The van der Waals surface area contributed by atoms with Crippen molar-refractivity contribution >= 4 is 24.9 Å². The number of carbonyl (C=O) groups is 1. The van der Waals surface area contributed by atoms with Crippen molar-refractivity contribution in [1.82, 2.24) is 9.61 Å². The van der Waals surface area contributed by atoms with E-state index in [1.165, 1.54) is 13.1 Å². The van der Waals surface area contributed by atoms with Crippen LogP contribution in [0.4, 0.5) is 5.69 Å². The molecule has 0 fully saturated rings. The summed E-state index contributed by atoms with van der Waals surface area (Å²) in [5.41, 5.74) is 8.08. The van der Waals surface area contributed by atoms with Crippen LogP contribution in [0.3, 0.4) is 0 Å². The number of nitrogens with zero attached hydrogens (tertiary/aromatic N) is 2. The Hall–Kier alpha value is -2.75. The fourth-order valence-corrected chi connectivity index (χ4v) is 3.20. The molecule has 10 nitrogen and oxygen atoms in total. The highest BCUT2D eigenvalue weighted by molar-refractivity contribution is 7.46. The number of anilines is 1. The van der Waals surface area contributed by atoms with E-state index in [0.717, 1.165) is 11.1 Å². The van der Waals surface area contributed by atoms with Gasteiger partial charge in [-0.15, -0.1) is 0 Å². The normalized spacial score (nSPS) is 13.9. The average Bonchev–Trinajstić information content (AvgIpc) is 3.09. The maximum absolute atomic E-state index is 11.9. The van der Waals surface area contributed by atoms with Gasteiger partial charge in [-0.25, -0.2) is 9.08 Å². The van der Waals surface area contributed by atoms with Gasteiger partial charge >= 0.3 is 7.82 Å². The van der Waals surface area contributed by atoms with Gasteiger partial charge in [0.05, 0.1) is 41.7 Å². The van der Waals surface area contributed by atoms with E-state index in [1.54, 1.807) is 16.8 Å². The lowest BCUT2D eigenvalue weighted by atomic mass is 10.1. The predicted molar refractivity (Wildman–Crippen MR) is 106 cm³/mol. The monoisotopic (exact) mass is 420 g/mol. The minimum Gasteiger partial charge on any atom is -0.391 e. The molecule has 3 aromatic rings. The van der Waals surface area contributed by atoms with Crippen LogP contribution in [0.5, 0.6) is 0 Å². The Morgan fingerprint density at radius 2 is 2.00 bits per heavy atom. The summed E-state index contributed by atoms with van der Waals surface area (Å²) in [4.78, 5) is 29.8. The molecule has 0 aliphatic heterocycles. The fraction of sp³-hybridized carbons (Fsp3) is 0.222. The number of hydrogen-bond acceptors (Lipinski definition) is 6. The van der Waals surface area contributed by atoms with E-state index < -0.39 is 32.5 Å². The van der Waals surface area contributed by atoms with Crippen LogP contribution < -0.4 is 11.1 Å². The summed E-state index contributed by atoms with van der Waals surface area (Å²) in [5.74, 6) is -0.745. The maximum atomic E-state index is 11.9. The molecule has 29 heavy (non-hydrogen) atoms. The summed E-state index contributed by atoms with van der Waals surface area (Å²) >= 11 is 0. The molecule has 0 spiro atoms. The number of aromatic nitrogens is 2. The minimum absolute atomic E-state index is 0.0667. The van der Waals surface area contributed by atoms with E-state index in [4.69, 9.17) is 15.5 Å². The second-order valence-electron chi connectivity index (χ2n) is 6.50. The average molecular weight is 420 g/mol. The maximum Gasteiger partial charge on any atom is 0.469 e. The third kappa shape index (κ3) is 5.00. The van der Waals surface area contributed by atoms with Gasteiger partial charge < -0.3 is 25.9 Å². The zero-order valence-corrected chi connectivity index (χ0v) is 16.4. The number of carbonyl (C=O) groups excluding carboxylic acids is 1. The lowest BCUT2D eigenvalue weighted by molar-refractivity contribution is 0.0998. The molecule has 1 amide bonds. The van der Waals surface area contributed by atoms with E-state index in [-0.39, 0.29) is 11.3 Å². The first-order valence-electron chi connectivity index (χ1n) is 8.67. The summed E-state index contributed by atoms with van der Waals surface area (Å²) in [6, 6.07) is 10.4. The molecule has 1 aromatic carbocycles. The van der Waals surface area contributed by atoms with Crippen molar-refractivity contribution in [3.05, 3.63) is 54.4 Å². The first kappa shape index (κ1) is 21.0. The van der Waals surface area contributed by atoms with Gasteiger partial charge in [0.25, 0.3) is 5.91 Å². The SMILES string of the molecule is CC(O)C(COP(=O)(O)O)Nc1c(C(N)=O)cnn2cc(-c3ccccc3)cc12. The number of amides is 1. The molecule has 2 atom stereocenters. The second-order valence-corrected chi connectivity index (χ2v) is 7.74. The summed E-state index contributed by atoms with van der Waals surface area (Å²) in [6.07, 6.45) is 2.00. The van der Waals surface area contributed by atoms with Crippen LogP contribution >= 0.6 is 7.82 Å². The molecule has 0 radical (unpaired) electrons. The number of aliphatic hydroxyl groups is 1. The van der Waals surface area contributed by atoms with E-state index >= 15 is 0 Å². The molecule has 0 saturated heterocycles. The highest BCUT2D eigenvalue weighted by Crippen LogP contribution is 2.36. The largest absolute Gasteiger partial charge is 0.469 e. The van der Waals surface area contributed by atoms with Crippen molar-refractivity contribution in [2.75, 3.05) is 11.9 Å². The molecule has 2 heterocycles. The first-order chi connectivity index (χ1) is 13.7. The number of fused-ring (bicyclic) bond motifs is 1. The van der Waals surface area contributed by atoms with E-state index in [0.29, 0.717) is 5.52 Å². The number of primary amides is 1. The van der Waals surface area contributed by atoms with Crippen LogP contribution in [0.1, 0.15) is 17.3 Å². The van der Waals surface area contributed by atoms with Gasteiger partial charge in [0.1, 0.15) is 0 Å². The van der Waals surface area contributed by atoms with Crippen molar-refractivity contribution in [3.8, 4) is 11.1 Å². The third-order valence-corrected chi connectivity index (χ3v) is 4.83. The van der Waals surface area contributed by atoms with Gasteiger partial charge in [0.15, 0.2) is 0 Å². The Morgan fingerprint density at radius 1 is 1.31 bits per heavy atom. The van der Waals surface area contributed by atoms with Crippen LogP contribution in [0.15, 0.2) is 48.8 Å². The molecule has 11 heteroatoms. The van der Waals surface area contributed by atoms with Crippen LogP contribution in [0, 0.1) is 0 Å². The van der Waals surface area contributed by atoms with Gasteiger partial charge in [-0.05, 0) is 18.6 Å². The molecule has 0 saturated carbocycles. The Labute approximate surface area is 166 Å². The van der Waals surface area contributed by atoms with Crippen LogP contribution in [0.2, 0.25) is 0 Å². The quantitative estimate of drug-likeness (QED) is 0.342. The number of rotatable bonds is 8. The second kappa shape index (κ2) is 8.32. The van der Waals surface area contributed by atoms with Crippen molar-refractivity contribution < 1.29 is 28.8 Å². The van der Waals surface area contributed by atoms with Crippen LogP contribution in [-0.2, 0) is 9.09 Å². The molecular formula is C18H21N4O6P. The number of phosphoric ester groups is 1. The first-order valence-corrected chi connectivity index (χ1v) is 10.2. The highest BCUT2D eigenvalue weighted by Gasteiger charge is 2.25. The number of hydrogen-bond donors (Lipinski definition) is 5. The van der Waals surface area contributed by atoms with E-state index in [2.05, 4.69) is 14.9 Å². The molecule has 154 valence electrons. The molecular weight excluding hydrogens is 399 g/mol. The Kier molecular flexibility index (Phi) is 6.02. The van der Waals surface area contributed by atoms with Crippen LogP contribution in [0.25, 0.3) is 16.6 Å². The molecule has 0 bridgehead atoms. The lowest BCUT2D eigenvalue weighted by Crippen LogP contribution is -2.36. The number of nitrogens with two attached hydrogens (primary N) is 1. The van der Waals surface area contributed by atoms with E-state index in [9.17, 15) is 14.5 Å². The van der Waals surface area contributed by atoms with Crippen molar-refractivity contribution in [2.45, 2.75) is 19.1 Å².